The summed E-state index contributed by atoms with van der Waals surface area (Å²) in [6.07, 6.45) is 5.28. The molecule has 0 N–H and O–H groups in total. The molecule has 0 atom stereocenters. The summed E-state index contributed by atoms with van der Waals surface area (Å²) < 4.78 is 16.0. The first kappa shape index (κ1) is 20.8. The Morgan fingerprint density at radius 2 is 1.84 bits per heavy atom. The Kier molecular flexibility index (Phi) is 5.46. The van der Waals surface area contributed by atoms with Crippen molar-refractivity contribution in [1.29, 1.82) is 0 Å². The van der Waals surface area contributed by atoms with Gasteiger partial charge in [-0.2, -0.15) is 5.10 Å². The van der Waals surface area contributed by atoms with E-state index < -0.39 is 0 Å². The fourth-order valence-electron chi connectivity index (χ4n) is 4.31. The smallest absolute Gasteiger partial charge is 0.257 e. The van der Waals surface area contributed by atoms with Crippen molar-refractivity contribution in [2.24, 2.45) is 0 Å². The van der Waals surface area contributed by atoms with Gasteiger partial charge in [-0.15, -0.1) is 0 Å². The highest BCUT2D eigenvalue weighted by Crippen LogP contribution is 2.42. The molecule has 0 spiro atoms. The third-order valence-corrected chi connectivity index (χ3v) is 6.31. The van der Waals surface area contributed by atoms with Crippen LogP contribution in [0.3, 0.4) is 0 Å². The Labute approximate surface area is 186 Å². The molecular weight excluding hydrogens is 407 g/mol. The lowest BCUT2D eigenvalue weighted by Crippen LogP contribution is -2.50. The van der Waals surface area contributed by atoms with Crippen LogP contribution in [0.25, 0.3) is 17.2 Å². The minimum atomic E-state index is -0.337. The van der Waals surface area contributed by atoms with E-state index >= 15 is 0 Å². The summed E-state index contributed by atoms with van der Waals surface area (Å²) in [5.41, 5.74) is 2.40. The number of aromatic nitrogens is 4. The molecule has 3 heterocycles. The minimum Gasteiger partial charge on any atom is -0.336 e. The van der Waals surface area contributed by atoms with E-state index in [1.54, 1.807) is 41.3 Å². The van der Waals surface area contributed by atoms with E-state index in [1.165, 1.54) is 6.07 Å². The molecule has 1 aromatic carbocycles. The third-order valence-electron chi connectivity index (χ3n) is 6.31. The average Bonchev–Trinajstić information content (AvgIpc) is 3.56. The molecule has 32 heavy (non-hydrogen) atoms. The molecule has 2 fully saturated rings. The molecular formula is C24H27FN6O. The first-order valence-corrected chi connectivity index (χ1v) is 11.2. The lowest BCUT2D eigenvalue weighted by Gasteiger charge is -2.36. The van der Waals surface area contributed by atoms with Crippen molar-refractivity contribution < 1.29 is 9.18 Å². The third kappa shape index (κ3) is 3.90. The van der Waals surface area contributed by atoms with E-state index in [1.807, 2.05) is 4.90 Å². The number of hydrogen-bond donors (Lipinski definition) is 0. The second-order valence-electron chi connectivity index (χ2n) is 8.77. The summed E-state index contributed by atoms with van der Waals surface area (Å²) in [4.78, 5) is 26.6. The van der Waals surface area contributed by atoms with Crippen molar-refractivity contribution >= 4 is 5.91 Å². The zero-order valence-corrected chi connectivity index (χ0v) is 18.4. The molecule has 5 rings (SSSR count). The maximum absolute atomic E-state index is 14.3. The van der Waals surface area contributed by atoms with Gasteiger partial charge in [0.25, 0.3) is 11.9 Å². The van der Waals surface area contributed by atoms with Gasteiger partial charge in [-0.1, -0.05) is 12.1 Å². The van der Waals surface area contributed by atoms with Gasteiger partial charge in [-0.25, -0.2) is 19.0 Å². The summed E-state index contributed by atoms with van der Waals surface area (Å²) in [5.74, 6) is 0.314. The Bertz CT molecular complexity index is 1130. The largest absolute Gasteiger partial charge is 0.336 e. The number of nitrogens with zero attached hydrogens (tertiary/aromatic N) is 6. The number of hydrogen-bond acceptors (Lipinski definition) is 5. The maximum Gasteiger partial charge on any atom is 0.257 e. The highest BCUT2D eigenvalue weighted by atomic mass is 19.1. The van der Waals surface area contributed by atoms with Crippen LogP contribution in [0.2, 0.25) is 0 Å². The first-order chi connectivity index (χ1) is 15.5. The summed E-state index contributed by atoms with van der Waals surface area (Å²) in [7, 11) is 0. The quantitative estimate of drug-likeness (QED) is 0.615. The molecule has 1 saturated heterocycles. The molecule has 1 amide bonds. The molecule has 3 aromatic rings. The molecule has 1 saturated carbocycles. The predicted octanol–water partition coefficient (Wildman–Crippen LogP) is 3.51. The Balaban J connectivity index is 1.46. The summed E-state index contributed by atoms with van der Waals surface area (Å²) >= 11 is 0. The van der Waals surface area contributed by atoms with E-state index in [0.29, 0.717) is 41.9 Å². The molecule has 7 nitrogen and oxygen atoms in total. The summed E-state index contributed by atoms with van der Waals surface area (Å²) in [5, 5.41) is 4.50. The van der Waals surface area contributed by atoms with Crippen molar-refractivity contribution in [3.05, 3.63) is 59.8 Å². The van der Waals surface area contributed by atoms with Crippen LogP contribution in [0.4, 0.5) is 4.39 Å². The van der Waals surface area contributed by atoms with Crippen LogP contribution in [-0.4, -0.2) is 67.7 Å². The molecule has 0 bridgehead atoms. The molecule has 2 aliphatic rings. The molecule has 8 heteroatoms. The monoisotopic (exact) mass is 434 g/mol. The Morgan fingerprint density at radius 1 is 1.09 bits per heavy atom. The van der Waals surface area contributed by atoms with Gasteiger partial charge in [-0.3, -0.25) is 9.69 Å². The van der Waals surface area contributed by atoms with Crippen LogP contribution in [0, 0.1) is 5.82 Å². The van der Waals surface area contributed by atoms with Crippen LogP contribution in [0.5, 0.6) is 0 Å². The number of halogens is 1. The highest BCUT2D eigenvalue weighted by molar-refractivity contribution is 5.95. The lowest BCUT2D eigenvalue weighted by molar-refractivity contribution is 0.0594. The van der Waals surface area contributed by atoms with Crippen LogP contribution >= 0.6 is 0 Å². The van der Waals surface area contributed by atoms with Gasteiger partial charge in [-0.05, 0) is 44.9 Å². The second-order valence-corrected chi connectivity index (χ2v) is 8.77. The van der Waals surface area contributed by atoms with Gasteiger partial charge in [0.15, 0.2) is 0 Å². The Hall–Kier alpha value is -3.13. The van der Waals surface area contributed by atoms with Crippen LogP contribution < -0.4 is 0 Å². The standard InChI is InChI=1S/C24H27FN6O/c1-16(2)29-11-13-30(14-12-29)23(32)19-15-27-31(22(19)17-7-8-17)24-26-10-9-21(28-24)18-5-3-4-6-20(18)25/h3-6,9-10,15-17H,7-8,11-14H2,1-2H3. The van der Waals surface area contributed by atoms with Gasteiger partial charge in [0.2, 0.25) is 0 Å². The van der Waals surface area contributed by atoms with Gasteiger partial charge >= 0.3 is 0 Å². The van der Waals surface area contributed by atoms with E-state index in [0.717, 1.165) is 31.6 Å². The van der Waals surface area contributed by atoms with E-state index in [2.05, 4.69) is 33.8 Å². The molecule has 0 radical (unpaired) electrons. The molecule has 1 aliphatic heterocycles. The molecule has 0 unspecified atom stereocenters. The Morgan fingerprint density at radius 3 is 2.53 bits per heavy atom. The number of carbonyl (C=O) groups excluding carboxylic acids is 1. The van der Waals surface area contributed by atoms with E-state index in [4.69, 9.17) is 0 Å². The van der Waals surface area contributed by atoms with Crippen molar-refractivity contribution in [2.45, 2.75) is 38.6 Å². The molecule has 1 aliphatic carbocycles. The van der Waals surface area contributed by atoms with Crippen LogP contribution in [0.1, 0.15) is 48.7 Å². The predicted molar refractivity (Wildman–Crippen MR) is 119 cm³/mol. The lowest BCUT2D eigenvalue weighted by atomic mass is 10.1. The topological polar surface area (TPSA) is 67.2 Å². The number of benzene rings is 1. The van der Waals surface area contributed by atoms with Gasteiger partial charge in [0.1, 0.15) is 5.82 Å². The van der Waals surface area contributed by atoms with Gasteiger partial charge in [0, 0.05) is 49.9 Å². The number of rotatable bonds is 5. The summed E-state index contributed by atoms with van der Waals surface area (Å²) in [6.45, 7) is 7.55. The first-order valence-electron chi connectivity index (χ1n) is 11.2. The van der Waals surface area contributed by atoms with Crippen molar-refractivity contribution in [3.8, 4) is 17.2 Å². The number of carbonyl (C=O) groups is 1. The average molecular weight is 435 g/mol. The van der Waals surface area contributed by atoms with Crippen molar-refractivity contribution in [2.75, 3.05) is 26.2 Å². The molecule has 166 valence electrons. The highest BCUT2D eigenvalue weighted by Gasteiger charge is 2.35. The normalized spacial score (nSPS) is 17.2. The van der Waals surface area contributed by atoms with E-state index in [9.17, 15) is 9.18 Å². The fraction of sp³-hybridized carbons (Fsp3) is 0.417. The van der Waals surface area contributed by atoms with Crippen molar-refractivity contribution in [1.82, 2.24) is 29.5 Å². The summed E-state index contributed by atoms with van der Waals surface area (Å²) in [6, 6.07) is 8.70. The SMILES string of the molecule is CC(C)N1CCN(C(=O)c2cnn(-c3nccc(-c4ccccc4F)n3)c2C2CC2)CC1. The number of piperazine rings is 1. The number of amides is 1. The second kappa shape index (κ2) is 8.43. The molecule has 2 aromatic heterocycles. The van der Waals surface area contributed by atoms with Gasteiger partial charge < -0.3 is 4.90 Å². The van der Waals surface area contributed by atoms with E-state index in [-0.39, 0.29) is 17.6 Å². The zero-order chi connectivity index (χ0) is 22.2. The van der Waals surface area contributed by atoms with Crippen LogP contribution in [0.15, 0.2) is 42.7 Å². The van der Waals surface area contributed by atoms with Crippen molar-refractivity contribution in [3.63, 3.8) is 0 Å². The minimum absolute atomic E-state index is 0.0202. The fourth-order valence-corrected chi connectivity index (χ4v) is 4.31. The maximum atomic E-state index is 14.3. The van der Waals surface area contributed by atoms with Gasteiger partial charge in [0.05, 0.1) is 23.1 Å². The zero-order valence-electron chi connectivity index (χ0n) is 18.4. The van der Waals surface area contributed by atoms with Crippen LogP contribution in [-0.2, 0) is 0 Å².